The van der Waals surface area contributed by atoms with Crippen molar-refractivity contribution in [1.29, 1.82) is 0 Å². The molecule has 4 atom stereocenters. The maximum absolute atomic E-state index is 11.8. The molecule has 11 nitrogen and oxygen atoms in total. The molecule has 0 aromatic carbocycles. The number of carbonyl (C=O) groups excluding carboxylic acids is 1. The molecule has 0 unspecified atom stereocenters. The minimum atomic E-state index is -1.44. The van der Waals surface area contributed by atoms with Gasteiger partial charge in [0.2, 0.25) is 0 Å². The average molecular weight is 414 g/mol. The van der Waals surface area contributed by atoms with Crippen LogP contribution >= 0.6 is 0 Å². The lowest BCUT2D eigenvalue weighted by molar-refractivity contribution is -0.150. The number of unbranched alkanes of at least 4 members (excludes halogenated alkanes) is 4. The summed E-state index contributed by atoms with van der Waals surface area (Å²) in [7, 11) is 0. The predicted octanol–water partition coefficient (Wildman–Crippen LogP) is -0.486. The van der Waals surface area contributed by atoms with E-state index < -0.39 is 47.7 Å². The molecule has 1 aliphatic rings. The van der Waals surface area contributed by atoms with Crippen molar-refractivity contribution in [1.82, 2.24) is 9.55 Å². The lowest BCUT2D eigenvalue weighted by Gasteiger charge is -2.16. The van der Waals surface area contributed by atoms with E-state index in [0.717, 1.165) is 36.1 Å². The molecule has 0 saturated carbocycles. The molecule has 1 saturated heterocycles. The van der Waals surface area contributed by atoms with E-state index in [1.807, 2.05) is 4.98 Å². The number of aliphatic carboxylic acids is 1. The highest BCUT2D eigenvalue weighted by atomic mass is 16.6. The summed E-state index contributed by atoms with van der Waals surface area (Å²) in [5, 5.41) is 28.7. The van der Waals surface area contributed by atoms with E-state index in [9.17, 15) is 29.4 Å². The summed E-state index contributed by atoms with van der Waals surface area (Å²) in [6.07, 6.45) is -0.000875. The molecule has 0 spiro atoms. The monoisotopic (exact) mass is 414 g/mol. The van der Waals surface area contributed by atoms with Gasteiger partial charge in [0.15, 0.2) is 6.23 Å². The van der Waals surface area contributed by atoms with Crippen molar-refractivity contribution in [3.8, 4) is 0 Å². The average Bonchev–Trinajstić information content (AvgIpc) is 2.93. The van der Waals surface area contributed by atoms with Gasteiger partial charge in [-0.2, -0.15) is 0 Å². The van der Waals surface area contributed by atoms with Crippen molar-refractivity contribution >= 4 is 11.9 Å². The van der Waals surface area contributed by atoms with Crippen LogP contribution in [0.2, 0.25) is 0 Å². The van der Waals surface area contributed by atoms with Gasteiger partial charge in [0.05, 0.1) is 0 Å². The van der Waals surface area contributed by atoms with Crippen LogP contribution < -0.4 is 11.2 Å². The number of rotatable bonds is 11. The number of carboxylic acids is 1. The van der Waals surface area contributed by atoms with E-state index in [4.69, 9.17) is 14.6 Å². The number of esters is 1. The van der Waals surface area contributed by atoms with E-state index in [1.54, 1.807) is 0 Å². The number of hydrogen-bond acceptors (Lipinski definition) is 8. The summed E-state index contributed by atoms with van der Waals surface area (Å²) >= 11 is 0. The number of hydrogen-bond donors (Lipinski definition) is 4. The molecule has 1 fully saturated rings. The minimum absolute atomic E-state index is 0.143. The fourth-order valence-corrected chi connectivity index (χ4v) is 3.05. The fourth-order valence-electron chi connectivity index (χ4n) is 3.05. The van der Waals surface area contributed by atoms with E-state index in [1.165, 1.54) is 0 Å². The Hall–Kier alpha value is -2.50. The van der Waals surface area contributed by atoms with Crippen molar-refractivity contribution in [3.63, 3.8) is 0 Å². The molecule has 1 aliphatic heterocycles. The maximum atomic E-state index is 11.8. The van der Waals surface area contributed by atoms with Crippen LogP contribution in [-0.2, 0) is 19.1 Å². The molecule has 1 aromatic heterocycles. The van der Waals surface area contributed by atoms with Gasteiger partial charge in [-0.3, -0.25) is 23.9 Å². The second-order valence-electron chi connectivity index (χ2n) is 6.91. The first-order chi connectivity index (χ1) is 13.8. The number of aliphatic hydroxyl groups is 2. The molecule has 162 valence electrons. The first-order valence-corrected chi connectivity index (χ1v) is 9.50. The van der Waals surface area contributed by atoms with Crippen LogP contribution in [-0.4, -0.2) is 61.7 Å². The molecule has 29 heavy (non-hydrogen) atoms. The van der Waals surface area contributed by atoms with Crippen molar-refractivity contribution in [3.05, 3.63) is 33.1 Å². The van der Waals surface area contributed by atoms with Gasteiger partial charge in [-0.05, 0) is 12.8 Å². The molecular formula is C18H26N2O9. The highest BCUT2D eigenvalue weighted by Gasteiger charge is 2.44. The van der Waals surface area contributed by atoms with Gasteiger partial charge in [-0.15, -0.1) is 0 Å². The number of nitrogens with zero attached hydrogens (tertiary/aromatic N) is 1. The van der Waals surface area contributed by atoms with Crippen molar-refractivity contribution < 1.29 is 34.4 Å². The Morgan fingerprint density at radius 1 is 1.07 bits per heavy atom. The zero-order valence-corrected chi connectivity index (χ0v) is 15.9. The Bertz CT molecular complexity index is 803. The van der Waals surface area contributed by atoms with Gasteiger partial charge < -0.3 is 24.8 Å². The minimum Gasteiger partial charge on any atom is -0.481 e. The van der Waals surface area contributed by atoms with Crippen LogP contribution in [0.4, 0.5) is 0 Å². The van der Waals surface area contributed by atoms with Gasteiger partial charge in [0.25, 0.3) is 5.56 Å². The zero-order valence-electron chi connectivity index (χ0n) is 15.9. The quantitative estimate of drug-likeness (QED) is 0.276. The highest BCUT2D eigenvalue weighted by molar-refractivity contribution is 5.69. The third-order valence-electron chi connectivity index (χ3n) is 4.64. The number of aromatic amines is 1. The summed E-state index contributed by atoms with van der Waals surface area (Å²) < 4.78 is 11.5. The number of ether oxygens (including phenoxy) is 2. The van der Waals surface area contributed by atoms with Crippen molar-refractivity contribution in [2.24, 2.45) is 0 Å². The Morgan fingerprint density at radius 2 is 1.72 bits per heavy atom. The Kier molecular flexibility index (Phi) is 8.55. The van der Waals surface area contributed by atoms with Crippen molar-refractivity contribution in [2.75, 3.05) is 6.61 Å². The smallest absolute Gasteiger partial charge is 0.330 e. The van der Waals surface area contributed by atoms with Crippen LogP contribution in [0, 0.1) is 0 Å². The number of H-pyrrole nitrogens is 1. The highest BCUT2D eigenvalue weighted by Crippen LogP contribution is 2.28. The lowest BCUT2D eigenvalue weighted by atomic mass is 10.1. The molecule has 2 heterocycles. The number of carboxylic acid groups (broad SMARTS) is 1. The van der Waals surface area contributed by atoms with Gasteiger partial charge in [0, 0.05) is 25.1 Å². The molecular weight excluding hydrogens is 388 g/mol. The first-order valence-electron chi connectivity index (χ1n) is 9.50. The van der Waals surface area contributed by atoms with Gasteiger partial charge in [-0.1, -0.05) is 19.3 Å². The summed E-state index contributed by atoms with van der Waals surface area (Å²) in [6, 6.07) is 1.08. The van der Waals surface area contributed by atoms with E-state index in [-0.39, 0.29) is 19.4 Å². The van der Waals surface area contributed by atoms with Crippen LogP contribution in [0.1, 0.15) is 51.2 Å². The number of nitrogens with one attached hydrogen (secondary N) is 1. The topological polar surface area (TPSA) is 168 Å². The van der Waals surface area contributed by atoms with Crippen LogP contribution in [0.15, 0.2) is 21.9 Å². The first kappa shape index (κ1) is 22.8. The van der Waals surface area contributed by atoms with Crippen LogP contribution in [0.3, 0.4) is 0 Å². The van der Waals surface area contributed by atoms with Gasteiger partial charge >= 0.3 is 17.6 Å². The standard InChI is InChI=1S/C18H26N2O9/c21-12-8-9-20(18(27)19-12)17-16(26)15(25)11(29-17)10-28-14(24)7-5-3-1-2-4-6-13(22)23/h8-9,11,15-17,25-26H,1-7,10H2,(H,22,23)(H,19,21,27)/t11-,15-,16-,17-/m1/s1. The number of aliphatic hydroxyl groups excluding tert-OH is 2. The predicted molar refractivity (Wildman–Crippen MR) is 98.2 cm³/mol. The fraction of sp³-hybridized carbons (Fsp3) is 0.667. The summed E-state index contributed by atoms with van der Waals surface area (Å²) in [5.41, 5.74) is -1.40. The second kappa shape index (κ2) is 10.9. The number of aromatic nitrogens is 2. The SMILES string of the molecule is O=C(O)CCCCCCCC(=O)OC[C@H]1O[C@@H](n2ccc(=O)[nH]c2=O)[C@H](O)[C@@H]1O. The van der Waals surface area contributed by atoms with Gasteiger partial charge in [-0.25, -0.2) is 4.79 Å². The molecule has 0 bridgehead atoms. The third kappa shape index (κ3) is 6.80. The van der Waals surface area contributed by atoms with E-state index >= 15 is 0 Å². The van der Waals surface area contributed by atoms with Gasteiger partial charge in [0.1, 0.15) is 24.9 Å². The second-order valence-corrected chi connectivity index (χ2v) is 6.91. The molecule has 0 aliphatic carbocycles. The molecule has 4 N–H and O–H groups in total. The summed E-state index contributed by atoms with van der Waals surface area (Å²) in [6.45, 7) is -0.287. The lowest BCUT2D eigenvalue weighted by Crippen LogP contribution is -2.37. The van der Waals surface area contributed by atoms with E-state index in [2.05, 4.69) is 0 Å². The summed E-state index contributed by atoms with van der Waals surface area (Å²) in [4.78, 5) is 47.2. The molecule has 2 rings (SSSR count). The Labute approximate surface area is 165 Å². The molecule has 0 radical (unpaired) electrons. The van der Waals surface area contributed by atoms with Crippen LogP contribution in [0.25, 0.3) is 0 Å². The zero-order chi connectivity index (χ0) is 21.4. The Balaban J connectivity index is 1.72. The van der Waals surface area contributed by atoms with E-state index in [0.29, 0.717) is 12.8 Å². The Morgan fingerprint density at radius 3 is 2.38 bits per heavy atom. The maximum Gasteiger partial charge on any atom is 0.330 e. The number of carbonyl (C=O) groups is 2. The third-order valence-corrected chi connectivity index (χ3v) is 4.64. The normalized spacial score (nSPS) is 23.8. The van der Waals surface area contributed by atoms with Crippen molar-refractivity contribution in [2.45, 2.75) is 69.5 Å². The molecule has 11 heteroatoms. The molecule has 0 amide bonds. The molecule has 1 aromatic rings. The largest absolute Gasteiger partial charge is 0.481 e. The summed E-state index contributed by atoms with van der Waals surface area (Å²) in [5.74, 6) is -1.30. The van der Waals surface area contributed by atoms with Crippen LogP contribution in [0.5, 0.6) is 0 Å².